The van der Waals surface area contributed by atoms with Crippen molar-refractivity contribution in [1.29, 1.82) is 0 Å². The van der Waals surface area contributed by atoms with Crippen LogP contribution in [-0.2, 0) is 9.59 Å². The summed E-state index contributed by atoms with van der Waals surface area (Å²) in [6.07, 6.45) is 0. The van der Waals surface area contributed by atoms with Gasteiger partial charge >= 0.3 is 0 Å². The quantitative estimate of drug-likeness (QED) is 0.499. The Morgan fingerprint density at radius 1 is 0.818 bits per heavy atom. The number of aryl methyl sites for hydroxylation is 2. The Balaban J connectivity index is 1.86. The molecule has 0 radical (unpaired) electrons. The number of rotatable bonds is 6. The van der Waals surface area contributed by atoms with Gasteiger partial charge in [-0.3, -0.25) is 9.59 Å². The van der Waals surface area contributed by atoms with E-state index in [4.69, 9.17) is 21.1 Å². The Morgan fingerprint density at radius 3 is 2.15 bits per heavy atom. The number of nitrogens with one attached hydrogen (secondary N) is 1. The van der Waals surface area contributed by atoms with Crippen molar-refractivity contribution in [3.8, 4) is 11.5 Å². The maximum absolute atomic E-state index is 13.6. The molecule has 1 N–H and O–H groups in total. The van der Waals surface area contributed by atoms with Gasteiger partial charge in [-0.15, -0.1) is 0 Å². The number of hydrogen-bond donors (Lipinski definition) is 1. The minimum atomic E-state index is -0.442. The van der Waals surface area contributed by atoms with Gasteiger partial charge < -0.3 is 14.8 Å². The number of anilines is 2. The van der Waals surface area contributed by atoms with Crippen LogP contribution in [0, 0.1) is 13.8 Å². The standard InChI is InChI=1S/C26H23ClN2O4/c1-15-5-9-19(10-6-15)29-25(30)23(17-7-12-21(32-3)22(14-17)33-4)24(26(29)31)28-20-11-8-18(27)13-16(20)2/h5-14,28H,1-4H3. The third-order valence-corrected chi connectivity index (χ3v) is 5.73. The minimum Gasteiger partial charge on any atom is -0.493 e. The summed E-state index contributed by atoms with van der Waals surface area (Å²) < 4.78 is 10.7. The molecule has 2 amide bonds. The highest BCUT2D eigenvalue weighted by Gasteiger charge is 2.40. The average Bonchev–Trinajstić information content (AvgIpc) is 3.05. The molecule has 1 aliphatic rings. The van der Waals surface area contributed by atoms with E-state index >= 15 is 0 Å². The fourth-order valence-corrected chi connectivity index (χ4v) is 3.96. The van der Waals surface area contributed by atoms with Crippen LogP contribution in [0.15, 0.2) is 66.4 Å². The molecule has 0 bridgehead atoms. The highest BCUT2D eigenvalue weighted by molar-refractivity contribution is 6.46. The first-order valence-corrected chi connectivity index (χ1v) is 10.7. The Morgan fingerprint density at radius 2 is 1.52 bits per heavy atom. The Bertz CT molecular complexity index is 1280. The van der Waals surface area contributed by atoms with E-state index in [-0.39, 0.29) is 11.3 Å². The number of methoxy groups -OCH3 is 2. The molecule has 7 heteroatoms. The van der Waals surface area contributed by atoms with Crippen molar-refractivity contribution < 1.29 is 19.1 Å². The van der Waals surface area contributed by atoms with Gasteiger partial charge in [-0.05, 0) is 67.4 Å². The lowest BCUT2D eigenvalue weighted by Gasteiger charge is -2.16. The lowest BCUT2D eigenvalue weighted by molar-refractivity contribution is -0.120. The summed E-state index contributed by atoms with van der Waals surface area (Å²) in [5, 5.41) is 3.76. The molecule has 33 heavy (non-hydrogen) atoms. The van der Waals surface area contributed by atoms with E-state index in [2.05, 4.69) is 5.32 Å². The highest BCUT2D eigenvalue weighted by Crippen LogP contribution is 2.38. The largest absolute Gasteiger partial charge is 0.493 e. The molecule has 1 aliphatic heterocycles. The highest BCUT2D eigenvalue weighted by atomic mass is 35.5. The van der Waals surface area contributed by atoms with E-state index in [0.717, 1.165) is 11.1 Å². The summed E-state index contributed by atoms with van der Waals surface area (Å²) in [7, 11) is 3.06. The van der Waals surface area contributed by atoms with Crippen molar-refractivity contribution in [2.24, 2.45) is 0 Å². The van der Waals surface area contributed by atoms with Crippen LogP contribution in [0.25, 0.3) is 5.57 Å². The van der Waals surface area contributed by atoms with Crippen LogP contribution in [0.2, 0.25) is 5.02 Å². The first-order chi connectivity index (χ1) is 15.8. The van der Waals surface area contributed by atoms with Crippen LogP contribution in [-0.4, -0.2) is 26.0 Å². The number of amides is 2. The molecule has 168 valence electrons. The van der Waals surface area contributed by atoms with E-state index < -0.39 is 11.8 Å². The third kappa shape index (κ3) is 4.17. The Labute approximate surface area is 197 Å². The fourth-order valence-electron chi connectivity index (χ4n) is 3.74. The smallest absolute Gasteiger partial charge is 0.282 e. The number of carbonyl (C=O) groups is 2. The van der Waals surface area contributed by atoms with Crippen LogP contribution in [0.1, 0.15) is 16.7 Å². The predicted octanol–water partition coefficient (Wildman–Crippen LogP) is 5.37. The van der Waals surface area contributed by atoms with Crippen LogP contribution in [0.5, 0.6) is 11.5 Å². The third-order valence-electron chi connectivity index (χ3n) is 5.50. The molecule has 6 nitrogen and oxygen atoms in total. The second-order valence-electron chi connectivity index (χ2n) is 7.69. The molecule has 0 aliphatic carbocycles. The van der Waals surface area contributed by atoms with Crippen molar-refractivity contribution >= 4 is 40.4 Å². The fraction of sp³-hybridized carbons (Fsp3) is 0.154. The first kappa shape index (κ1) is 22.4. The molecule has 0 unspecified atom stereocenters. The van der Waals surface area contributed by atoms with E-state index in [1.807, 2.05) is 26.0 Å². The molecule has 0 saturated carbocycles. The molecule has 0 saturated heterocycles. The van der Waals surface area contributed by atoms with Crippen molar-refractivity contribution in [3.63, 3.8) is 0 Å². The number of benzene rings is 3. The normalized spacial score (nSPS) is 13.5. The van der Waals surface area contributed by atoms with E-state index in [0.29, 0.717) is 33.5 Å². The number of hydrogen-bond acceptors (Lipinski definition) is 5. The summed E-state index contributed by atoms with van der Waals surface area (Å²) in [4.78, 5) is 28.3. The van der Waals surface area contributed by atoms with Gasteiger partial charge in [0.2, 0.25) is 0 Å². The predicted molar refractivity (Wildman–Crippen MR) is 130 cm³/mol. The van der Waals surface area contributed by atoms with Crippen LogP contribution < -0.4 is 19.7 Å². The van der Waals surface area contributed by atoms with Crippen molar-refractivity contribution in [2.75, 3.05) is 24.4 Å². The molecule has 0 spiro atoms. The molecule has 0 atom stereocenters. The van der Waals surface area contributed by atoms with Gasteiger partial charge in [0, 0.05) is 10.7 Å². The second kappa shape index (κ2) is 9.00. The SMILES string of the molecule is COc1ccc(C2=C(Nc3ccc(Cl)cc3C)C(=O)N(c3ccc(C)cc3)C2=O)cc1OC. The molecular weight excluding hydrogens is 440 g/mol. The molecule has 3 aromatic carbocycles. The maximum atomic E-state index is 13.6. The molecule has 0 fully saturated rings. The van der Waals surface area contributed by atoms with Crippen LogP contribution in [0.3, 0.4) is 0 Å². The number of carbonyl (C=O) groups excluding carboxylic acids is 2. The zero-order valence-electron chi connectivity index (χ0n) is 18.7. The maximum Gasteiger partial charge on any atom is 0.282 e. The number of imide groups is 1. The first-order valence-electron chi connectivity index (χ1n) is 10.3. The van der Waals surface area contributed by atoms with Crippen LogP contribution in [0.4, 0.5) is 11.4 Å². The zero-order chi connectivity index (χ0) is 23.7. The van der Waals surface area contributed by atoms with Crippen LogP contribution >= 0.6 is 11.6 Å². The topological polar surface area (TPSA) is 67.9 Å². The number of ether oxygens (including phenoxy) is 2. The number of halogens is 1. The average molecular weight is 463 g/mol. The van der Waals surface area contributed by atoms with Gasteiger partial charge in [0.1, 0.15) is 5.70 Å². The number of nitrogens with zero attached hydrogens (tertiary/aromatic N) is 1. The van der Waals surface area contributed by atoms with Gasteiger partial charge in [-0.25, -0.2) is 4.90 Å². The minimum absolute atomic E-state index is 0.179. The van der Waals surface area contributed by atoms with E-state index in [1.54, 1.807) is 48.5 Å². The summed E-state index contributed by atoms with van der Waals surface area (Å²) in [5.41, 5.74) is 4.01. The second-order valence-corrected chi connectivity index (χ2v) is 8.12. The van der Waals surface area contributed by atoms with Gasteiger partial charge in [-0.2, -0.15) is 0 Å². The summed E-state index contributed by atoms with van der Waals surface area (Å²) in [6, 6.07) is 17.7. The lowest BCUT2D eigenvalue weighted by atomic mass is 10.0. The van der Waals surface area contributed by atoms with Gasteiger partial charge in [0.05, 0.1) is 25.5 Å². The summed E-state index contributed by atoms with van der Waals surface area (Å²) in [6.45, 7) is 3.82. The van der Waals surface area contributed by atoms with Crippen molar-refractivity contribution in [3.05, 3.63) is 88.1 Å². The Kier molecular flexibility index (Phi) is 6.11. The summed E-state index contributed by atoms with van der Waals surface area (Å²) >= 11 is 6.09. The van der Waals surface area contributed by atoms with E-state index in [1.165, 1.54) is 19.1 Å². The van der Waals surface area contributed by atoms with Gasteiger partial charge in [0.15, 0.2) is 11.5 Å². The monoisotopic (exact) mass is 462 g/mol. The lowest BCUT2D eigenvalue weighted by Crippen LogP contribution is -2.32. The molecule has 3 aromatic rings. The van der Waals surface area contributed by atoms with Crippen molar-refractivity contribution in [2.45, 2.75) is 13.8 Å². The Hall–Kier alpha value is -3.77. The van der Waals surface area contributed by atoms with Gasteiger partial charge in [-0.1, -0.05) is 35.4 Å². The molecule has 4 rings (SSSR count). The molecular formula is C26H23ClN2O4. The van der Waals surface area contributed by atoms with Crippen molar-refractivity contribution in [1.82, 2.24) is 0 Å². The molecule has 1 heterocycles. The molecule has 0 aromatic heterocycles. The zero-order valence-corrected chi connectivity index (χ0v) is 19.5. The summed E-state index contributed by atoms with van der Waals surface area (Å²) in [5.74, 6) is 0.115. The van der Waals surface area contributed by atoms with Gasteiger partial charge in [0.25, 0.3) is 11.8 Å². The van der Waals surface area contributed by atoms with E-state index in [9.17, 15) is 9.59 Å².